The predicted octanol–water partition coefficient (Wildman–Crippen LogP) is 6.94. The van der Waals surface area contributed by atoms with Gasteiger partial charge in [0.25, 0.3) is 0 Å². The molecule has 0 atom stereocenters. The zero-order valence-corrected chi connectivity index (χ0v) is 21.0. The van der Waals surface area contributed by atoms with Gasteiger partial charge < -0.3 is 0 Å². The summed E-state index contributed by atoms with van der Waals surface area (Å²) in [4.78, 5) is 0. The summed E-state index contributed by atoms with van der Waals surface area (Å²) >= 11 is 11.7. The van der Waals surface area contributed by atoms with Gasteiger partial charge in [0, 0.05) is 0 Å². The quantitative estimate of drug-likeness (QED) is 0.305. The van der Waals surface area contributed by atoms with Gasteiger partial charge in [0.05, 0.1) is 0 Å². The van der Waals surface area contributed by atoms with Crippen LogP contribution in [0.15, 0.2) is 12.1 Å². The molecular formula is C21H32Cl2N2Sn. The minimum atomic E-state index is -0.880. The Bertz CT molecular complexity index is 690. The van der Waals surface area contributed by atoms with Gasteiger partial charge in [-0.25, -0.2) is 0 Å². The van der Waals surface area contributed by atoms with Crippen LogP contribution in [0.2, 0.25) is 13.5 Å². The van der Waals surface area contributed by atoms with E-state index >= 15 is 0 Å². The van der Waals surface area contributed by atoms with E-state index in [4.69, 9.17) is 28.3 Å². The fourth-order valence-electron chi connectivity index (χ4n) is 3.70. The number of unbranched alkanes of at least 4 members (excludes halogenated alkanes) is 3. The average Bonchev–Trinajstić information content (AvgIpc) is 2.91. The second-order valence-corrected chi connectivity index (χ2v) is 13.4. The van der Waals surface area contributed by atoms with Crippen LogP contribution in [0.5, 0.6) is 0 Å². The molecule has 144 valence electrons. The van der Waals surface area contributed by atoms with Crippen LogP contribution in [0.4, 0.5) is 0 Å². The maximum atomic E-state index is 6.34. The van der Waals surface area contributed by atoms with Crippen molar-refractivity contribution in [3.8, 4) is 0 Å². The third kappa shape index (κ3) is 5.54. The van der Waals surface area contributed by atoms with Gasteiger partial charge in [0.1, 0.15) is 0 Å². The molecule has 0 aliphatic heterocycles. The van der Waals surface area contributed by atoms with Crippen molar-refractivity contribution in [3.05, 3.63) is 22.2 Å². The Morgan fingerprint density at radius 2 is 1.42 bits per heavy atom. The van der Waals surface area contributed by atoms with Crippen molar-refractivity contribution in [3.63, 3.8) is 0 Å². The number of halogens is 2. The van der Waals surface area contributed by atoms with E-state index in [1.807, 2.05) is 23.9 Å². The molecule has 0 N–H and O–H groups in total. The van der Waals surface area contributed by atoms with E-state index < -0.39 is 21.1 Å². The molecule has 0 spiro atoms. The maximum absolute atomic E-state index is 6.34. The molecule has 0 unspecified atom stereocenters. The minimum absolute atomic E-state index is 0.527. The fourth-order valence-corrected chi connectivity index (χ4v) is 9.57. The summed E-state index contributed by atoms with van der Waals surface area (Å²) in [7, 11) is 2.03. The van der Waals surface area contributed by atoms with E-state index in [0.717, 1.165) is 5.52 Å². The Balaban J connectivity index is 2.42. The van der Waals surface area contributed by atoms with Crippen LogP contribution in [-0.4, -0.2) is 30.9 Å². The van der Waals surface area contributed by atoms with Crippen molar-refractivity contribution in [1.29, 1.82) is 0 Å². The molecule has 2 radical (unpaired) electrons. The first kappa shape index (κ1) is 22.4. The van der Waals surface area contributed by atoms with Gasteiger partial charge in [0.2, 0.25) is 0 Å². The standard InChI is InChI=1S/C13H27.C8H5Cl2N2.Sn/c1-4-7-10-13(11-8-5-2)12-9-6-3;1-12-8-3-7(10)6(9)2-5(8)4-11-12;/h4-12H2,1-3H3;2-3H,1H3;. The molecule has 0 saturated heterocycles. The molecule has 0 bridgehead atoms. The first-order valence-corrected chi connectivity index (χ1v) is 13.7. The topological polar surface area (TPSA) is 17.8 Å². The Labute approximate surface area is 179 Å². The number of hydrogen-bond acceptors (Lipinski definition) is 1. The van der Waals surface area contributed by atoms with Crippen LogP contribution in [0.3, 0.4) is 0 Å². The molecule has 0 saturated carbocycles. The van der Waals surface area contributed by atoms with Crippen LogP contribution < -0.4 is 3.71 Å². The van der Waals surface area contributed by atoms with E-state index in [9.17, 15) is 0 Å². The van der Waals surface area contributed by atoms with E-state index in [2.05, 4.69) is 20.8 Å². The number of aryl methyl sites for hydroxylation is 1. The van der Waals surface area contributed by atoms with Crippen molar-refractivity contribution < 1.29 is 0 Å². The molecule has 0 amide bonds. The van der Waals surface area contributed by atoms with Crippen molar-refractivity contribution >= 4 is 59.0 Å². The van der Waals surface area contributed by atoms with E-state index in [0.29, 0.717) is 13.5 Å². The van der Waals surface area contributed by atoms with E-state index in [-0.39, 0.29) is 0 Å². The molecular weight excluding hydrogens is 470 g/mol. The monoisotopic (exact) mass is 502 g/mol. The van der Waals surface area contributed by atoms with Gasteiger partial charge in [-0.05, 0) is 0 Å². The number of aromatic nitrogens is 2. The molecule has 0 aliphatic rings. The predicted molar refractivity (Wildman–Crippen MR) is 117 cm³/mol. The second kappa shape index (κ2) is 10.6. The molecule has 5 heteroatoms. The van der Waals surface area contributed by atoms with Crippen molar-refractivity contribution in [2.24, 2.45) is 7.05 Å². The summed E-state index contributed by atoms with van der Waals surface area (Å²) in [5.74, 6) is 0. The summed E-state index contributed by atoms with van der Waals surface area (Å²) in [5.41, 5.74) is 1.12. The molecule has 1 aromatic carbocycles. The third-order valence-corrected chi connectivity index (χ3v) is 11.4. The van der Waals surface area contributed by atoms with Gasteiger partial charge in [-0.2, -0.15) is 0 Å². The van der Waals surface area contributed by atoms with Crippen molar-refractivity contribution in [2.75, 3.05) is 0 Å². The SMILES string of the molecule is CCCC[C](CCCC)(CCCC)[Sn][c]1nn(C)c2cc(Cl)c(Cl)cc12. The van der Waals surface area contributed by atoms with Crippen LogP contribution >= 0.6 is 23.2 Å². The molecule has 1 aromatic heterocycles. The molecule has 0 aliphatic carbocycles. The molecule has 2 aromatic rings. The number of hydrogen-bond donors (Lipinski definition) is 0. The fraction of sp³-hybridized carbons (Fsp3) is 0.667. The van der Waals surface area contributed by atoms with Crippen molar-refractivity contribution in [1.82, 2.24) is 9.78 Å². The van der Waals surface area contributed by atoms with Crippen molar-refractivity contribution in [2.45, 2.75) is 82.0 Å². The van der Waals surface area contributed by atoms with Gasteiger partial charge in [-0.1, -0.05) is 0 Å². The second-order valence-electron chi connectivity index (χ2n) is 7.47. The Kier molecular flexibility index (Phi) is 9.09. The summed E-state index contributed by atoms with van der Waals surface area (Å²) < 4.78 is 3.88. The van der Waals surface area contributed by atoms with Gasteiger partial charge in [-0.3, -0.25) is 0 Å². The van der Waals surface area contributed by atoms with E-state index in [1.54, 1.807) is 0 Å². The third-order valence-electron chi connectivity index (χ3n) is 5.30. The Morgan fingerprint density at radius 3 is 1.92 bits per heavy atom. The molecule has 0 fully saturated rings. The first-order chi connectivity index (χ1) is 12.5. The number of nitrogens with zero attached hydrogens (tertiary/aromatic N) is 2. The Hall–Kier alpha value is 0.0687. The molecule has 2 nitrogen and oxygen atoms in total. The average molecular weight is 502 g/mol. The zero-order valence-electron chi connectivity index (χ0n) is 16.7. The summed E-state index contributed by atoms with van der Waals surface area (Å²) in [6.07, 6.45) is 12.0. The first-order valence-electron chi connectivity index (χ1n) is 10.1. The Morgan fingerprint density at radius 1 is 0.923 bits per heavy atom. The van der Waals surface area contributed by atoms with Crippen LogP contribution in [0.25, 0.3) is 10.9 Å². The van der Waals surface area contributed by atoms with Gasteiger partial charge in [0.15, 0.2) is 0 Å². The number of rotatable bonds is 11. The normalized spacial score (nSPS) is 12.2. The van der Waals surface area contributed by atoms with Gasteiger partial charge in [-0.15, -0.1) is 0 Å². The molecule has 1 heterocycles. The summed E-state index contributed by atoms with van der Waals surface area (Å²) in [6, 6.07) is 4.02. The van der Waals surface area contributed by atoms with Crippen LogP contribution in [0, 0.1) is 0 Å². The summed E-state index contributed by atoms with van der Waals surface area (Å²) in [5, 5.41) is 7.46. The van der Waals surface area contributed by atoms with E-state index in [1.165, 1.54) is 66.9 Å². The van der Waals surface area contributed by atoms with Crippen LogP contribution in [0.1, 0.15) is 78.6 Å². The van der Waals surface area contributed by atoms with Gasteiger partial charge >= 0.3 is 180 Å². The molecule has 26 heavy (non-hydrogen) atoms. The zero-order chi connectivity index (χ0) is 19.2. The summed E-state index contributed by atoms with van der Waals surface area (Å²) in [6.45, 7) is 6.94. The number of benzene rings is 1. The number of fused-ring (bicyclic) bond motifs is 1. The van der Waals surface area contributed by atoms with Crippen LogP contribution in [-0.2, 0) is 7.05 Å². The molecule has 2 rings (SSSR count).